The Morgan fingerprint density at radius 3 is 2.24 bits per heavy atom. The summed E-state index contributed by atoms with van der Waals surface area (Å²) >= 11 is 12.5. The molecule has 2 bridgehead atoms. The molecule has 0 amide bonds. The Bertz CT molecular complexity index is 974. The standard InChI is InChI=1S/C21H20Cl2N4O2/c1-4-13(5-2)17-19(9-24,10-25)20(11-26)12(3)21(28-17,29-18(20)27)15-7-6-14(22)8-16(15)23/h6-8,12-13,17,27H,4-5H2,1-3H3. The third-order valence-electron chi connectivity index (χ3n) is 6.49. The van der Waals surface area contributed by atoms with Crippen molar-refractivity contribution >= 4 is 29.1 Å². The van der Waals surface area contributed by atoms with Crippen molar-refractivity contribution in [3.63, 3.8) is 0 Å². The number of hydrogen-bond acceptors (Lipinski definition) is 6. The molecule has 3 rings (SSSR count). The Labute approximate surface area is 180 Å². The topological polar surface area (TPSA) is 114 Å². The van der Waals surface area contributed by atoms with Gasteiger partial charge in [-0.25, -0.2) is 0 Å². The molecule has 4 atom stereocenters. The first kappa shape index (κ1) is 21.4. The van der Waals surface area contributed by atoms with Crippen LogP contribution in [-0.2, 0) is 15.3 Å². The fraction of sp³-hybridized carbons (Fsp3) is 0.524. The van der Waals surface area contributed by atoms with Crippen molar-refractivity contribution in [3.05, 3.63) is 33.8 Å². The van der Waals surface area contributed by atoms with E-state index in [1.54, 1.807) is 19.1 Å². The molecule has 8 heteroatoms. The van der Waals surface area contributed by atoms with Gasteiger partial charge in [-0.05, 0) is 24.1 Å². The second-order valence-electron chi connectivity index (χ2n) is 7.51. The second kappa shape index (κ2) is 7.19. The summed E-state index contributed by atoms with van der Waals surface area (Å²) in [4.78, 5) is 0. The van der Waals surface area contributed by atoms with Crippen molar-refractivity contribution in [1.29, 1.82) is 21.2 Å². The number of hydrogen-bond donors (Lipinski definition) is 1. The Hall–Kier alpha value is -2.30. The lowest BCUT2D eigenvalue weighted by atomic mass is 9.52. The molecule has 1 aromatic rings. The molecule has 0 saturated carbocycles. The summed E-state index contributed by atoms with van der Waals surface area (Å²) in [5.74, 6) is -3.06. The highest BCUT2D eigenvalue weighted by Gasteiger charge is 2.80. The first-order valence-electron chi connectivity index (χ1n) is 9.39. The summed E-state index contributed by atoms with van der Waals surface area (Å²) in [5, 5.41) is 39.8. The molecule has 0 aliphatic carbocycles. The summed E-state index contributed by atoms with van der Waals surface area (Å²) in [6, 6.07) is 11.0. The van der Waals surface area contributed by atoms with Crippen molar-refractivity contribution < 1.29 is 9.47 Å². The average molecular weight is 431 g/mol. The number of ether oxygens (including phenoxy) is 2. The number of benzene rings is 1. The Kier molecular flexibility index (Phi) is 5.31. The maximum absolute atomic E-state index is 10.2. The van der Waals surface area contributed by atoms with Crippen molar-refractivity contribution in [3.8, 4) is 18.2 Å². The third-order valence-corrected chi connectivity index (χ3v) is 7.04. The van der Waals surface area contributed by atoms with E-state index in [0.717, 1.165) is 0 Å². The molecule has 1 N–H and O–H groups in total. The quantitative estimate of drug-likeness (QED) is 0.707. The third kappa shape index (κ3) is 2.45. The van der Waals surface area contributed by atoms with E-state index in [-0.39, 0.29) is 10.9 Å². The number of nitrogens with zero attached hydrogens (tertiary/aromatic N) is 3. The zero-order chi connectivity index (χ0) is 21.6. The largest absolute Gasteiger partial charge is 0.443 e. The first-order valence-corrected chi connectivity index (χ1v) is 10.1. The Morgan fingerprint density at radius 2 is 1.76 bits per heavy atom. The molecule has 0 aromatic heterocycles. The van der Waals surface area contributed by atoms with Crippen LogP contribution in [0.5, 0.6) is 0 Å². The van der Waals surface area contributed by atoms with Gasteiger partial charge in [-0.2, -0.15) is 15.8 Å². The SMILES string of the molecule is CCC(CC)C1OC2(c3ccc(Cl)cc3Cl)OC(=N)C(C#N)(C2C)C1(C#N)C#N. The van der Waals surface area contributed by atoms with Gasteiger partial charge < -0.3 is 9.47 Å². The van der Waals surface area contributed by atoms with Gasteiger partial charge in [-0.3, -0.25) is 5.41 Å². The molecular weight excluding hydrogens is 411 g/mol. The van der Waals surface area contributed by atoms with Crippen molar-refractivity contribution in [2.75, 3.05) is 0 Å². The average Bonchev–Trinajstić information content (AvgIpc) is 2.86. The molecule has 29 heavy (non-hydrogen) atoms. The molecule has 2 heterocycles. The lowest BCUT2D eigenvalue weighted by Crippen LogP contribution is -2.62. The fourth-order valence-corrected chi connectivity index (χ4v) is 5.35. The first-order chi connectivity index (χ1) is 13.7. The molecule has 2 aliphatic rings. The smallest absolute Gasteiger partial charge is 0.245 e. The summed E-state index contributed by atoms with van der Waals surface area (Å²) in [6.07, 6.45) is 0.304. The molecular formula is C21H20Cl2N4O2. The summed E-state index contributed by atoms with van der Waals surface area (Å²) in [6.45, 7) is 5.52. The van der Waals surface area contributed by atoms with Crippen LogP contribution in [0.25, 0.3) is 0 Å². The molecule has 2 aliphatic heterocycles. The van der Waals surface area contributed by atoms with Crippen LogP contribution in [0.15, 0.2) is 18.2 Å². The van der Waals surface area contributed by atoms with Crippen molar-refractivity contribution in [1.82, 2.24) is 0 Å². The highest BCUT2D eigenvalue weighted by molar-refractivity contribution is 6.35. The summed E-state index contributed by atoms with van der Waals surface area (Å²) in [5.41, 5.74) is -3.28. The maximum atomic E-state index is 10.2. The normalized spacial score (nSPS) is 32.2. The lowest BCUT2D eigenvalue weighted by molar-refractivity contribution is -0.296. The van der Waals surface area contributed by atoms with Crippen LogP contribution < -0.4 is 0 Å². The van der Waals surface area contributed by atoms with Crippen LogP contribution in [0.2, 0.25) is 10.0 Å². The number of nitrogens with one attached hydrogen (secondary N) is 1. The van der Waals surface area contributed by atoms with Gasteiger partial charge in [0.05, 0.1) is 35.3 Å². The number of fused-ring (bicyclic) bond motifs is 2. The van der Waals surface area contributed by atoms with Crippen LogP contribution in [-0.4, -0.2) is 12.0 Å². The van der Waals surface area contributed by atoms with E-state index < -0.39 is 34.5 Å². The van der Waals surface area contributed by atoms with E-state index in [1.165, 1.54) is 6.07 Å². The van der Waals surface area contributed by atoms with E-state index in [1.807, 2.05) is 13.8 Å². The van der Waals surface area contributed by atoms with Crippen LogP contribution in [0.4, 0.5) is 0 Å². The van der Waals surface area contributed by atoms with Gasteiger partial charge in [-0.15, -0.1) is 0 Å². The second-order valence-corrected chi connectivity index (χ2v) is 8.35. The number of halogens is 2. The minimum absolute atomic E-state index is 0.200. The predicted molar refractivity (Wildman–Crippen MR) is 107 cm³/mol. The van der Waals surface area contributed by atoms with Crippen molar-refractivity contribution in [2.24, 2.45) is 22.7 Å². The Morgan fingerprint density at radius 1 is 1.14 bits per heavy atom. The minimum Gasteiger partial charge on any atom is -0.443 e. The molecule has 6 nitrogen and oxygen atoms in total. The summed E-state index contributed by atoms with van der Waals surface area (Å²) < 4.78 is 12.4. The molecule has 2 saturated heterocycles. The zero-order valence-corrected chi connectivity index (χ0v) is 17.8. The van der Waals surface area contributed by atoms with Gasteiger partial charge >= 0.3 is 0 Å². The van der Waals surface area contributed by atoms with Crippen molar-refractivity contribution in [2.45, 2.75) is 45.5 Å². The molecule has 1 aromatic carbocycles. The molecule has 150 valence electrons. The maximum Gasteiger partial charge on any atom is 0.245 e. The zero-order valence-electron chi connectivity index (χ0n) is 16.3. The predicted octanol–water partition coefficient (Wildman–Crippen LogP) is 5.17. The van der Waals surface area contributed by atoms with Crippen LogP contribution >= 0.6 is 23.2 Å². The fourth-order valence-electron chi connectivity index (χ4n) is 4.81. The van der Waals surface area contributed by atoms with Gasteiger partial charge in [0.15, 0.2) is 10.8 Å². The van der Waals surface area contributed by atoms with Crippen LogP contribution in [0, 0.1) is 62.1 Å². The lowest BCUT2D eigenvalue weighted by Gasteiger charge is -2.50. The molecule has 0 spiro atoms. The van der Waals surface area contributed by atoms with E-state index in [4.69, 9.17) is 38.1 Å². The minimum atomic E-state index is -1.90. The van der Waals surface area contributed by atoms with Gasteiger partial charge in [-0.1, -0.05) is 56.8 Å². The summed E-state index contributed by atoms with van der Waals surface area (Å²) in [7, 11) is 0. The van der Waals surface area contributed by atoms with E-state index in [9.17, 15) is 15.8 Å². The van der Waals surface area contributed by atoms with Gasteiger partial charge in [0.1, 0.15) is 0 Å². The van der Waals surface area contributed by atoms with Gasteiger partial charge in [0.2, 0.25) is 11.7 Å². The molecule has 2 fully saturated rings. The highest BCUT2D eigenvalue weighted by Crippen LogP contribution is 2.67. The number of nitriles is 3. The van der Waals surface area contributed by atoms with E-state index in [2.05, 4.69) is 18.2 Å². The molecule has 4 unspecified atom stereocenters. The molecule has 0 radical (unpaired) electrons. The van der Waals surface area contributed by atoms with Gasteiger partial charge in [0.25, 0.3) is 0 Å². The van der Waals surface area contributed by atoms with E-state index in [0.29, 0.717) is 23.4 Å². The van der Waals surface area contributed by atoms with Crippen LogP contribution in [0.3, 0.4) is 0 Å². The number of rotatable bonds is 4. The monoisotopic (exact) mass is 430 g/mol. The highest BCUT2D eigenvalue weighted by atomic mass is 35.5. The Balaban J connectivity index is 2.37. The van der Waals surface area contributed by atoms with Crippen LogP contribution in [0.1, 0.15) is 39.2 Å². The van der Waals surface area contributed by atoms with Gasteiger partial charge in [0, 0.05) is 10.6 Å². The van der Waals surface area contributed by atoms with E-state index >= 15 is 0 Å².